The lowest BCUT2D eigenvalue weighted by atomic mass is 9.97. The summed E-state index contributed by atoms with van der Waals surface area (Å²) in [4.78, 5) is 10.2. The van der Waals surface area contributed by atoms with E-state index in [1.54, 1.807) is 6.20 Å². The van der Waals surface area contributed by atoms with E-state index in [4.69, 9.17) is 16.9 Å². The zero-order valence-electron chi connectivity index (χ0n) is 14.3. The Morgan fingerprint density at radius 3 is 2.67 bits per heavy atom. The lowest BCUT2D eigenvalue weighted by Crippen LogP contribution is -2.39. The van der Waals surface area contributed by atoms with Crippen LogP contribution >= 0.6 is 11.6 Å². The van der Waals surface area contributed by atoms with Gasteiger partial charge in [-0.15, -0.1) is 0 Å². The van der Waals surface area contributed by atoms with Gasteiger partial charge in [-0.3, -0.25) is 0 Å². The molecule has 0 radical (unpaired) electrons. The predicted molar refractivity (Wildman–Crippen MR) is 98.3 cm³/mol. The van der Waals surface area contributed by atoms with Crippen LogP contribution in [0.1, 0.15) is 18.5 Å². The molecule has 2 aromatic rings. The lowest BCUT2D eigenvalue weighted by molar-refractivity contribution is 0.400. The molecule has 0 bridgehead atoms. The molecule has 1 aliphatic heterocycles. The van der Waals surface area contributed by atoms with Gasteiger partial charge in [0, 0.05) is 32.0 Å². The van der Waals surface area contributed by atoms with Gasteiger partial charge in [0.25, 0.3) is 0 Å². The molecule has 1 saturated heterocycles. The molecule has 1 aromatic carbocycles. The number of benzene rings is 1. The van der Waals surface area contributed by atoms with Crippen LogP contribution in [0.2, 0.25) is 5.02 Å². The second-order valence-electron chi connectivity index (χ2n) is 6.20. The van der Waals surface area contributed by atoms with Crippen molar-refractivity contribution in [3.8, 4) is 6.07 Å². The minimum Gasteiger partial charge on any atom is -0.354 e. The highest BCUT2D eigenvalue weighted by Crippen LogP contribution is 2.24. The highest BCUT2D eigenvalue weighted by atomic mass is 35.5. The monoisotopic (exact) mass is 409 g/mol. The number of nitrogens with one attached hydrogen (secondary N) is 1. The summed E-state index contributed by atoms with van der Waals surface area (Å²) in [5.74, 6) is 0.0397. The van der Waals surface area contributed by atoms with E-state index in [0.717, 1.165) is 25.0 Å². The Labute approximate surface area is 161 Å². The summed E-state index contributed by atoms with van der Waals surface area (Å²) >= 11 is 5.66. The molecule has 0 atom stereocenters. The van der Waals surface area contributed by atoms with E-state index in [2.05, 4.69) is 14.7 Å². The quantitative estimate of drug-likeness (QED) is 0.813. The molecule has 0 amide bonds. The van der Waals surface area contributed by atoms with E-state index in [9.17, 15) is 12.8 Å². The molecule has 1 fully saturated rings. The molecule has 7 nitrogen and oxygen atoms in total. The van der Waals surface area contributed by atoms with Gasteiger partial charge in [-0.25, -0.2) is 27.5 Å². The molecule has 2 heterocycles. The highest BCUT2D eigenvalue weighted by Gasteiger charge is 2.24. The summed E-state index contributed by atoms with van der Waals surface area (Å²) in [6, 6.07) is 5.34. The summed E-state index contributed by atoms with van der Waals surface area (Å²) in [5.41, 5.74) is 0.282. The Bertz CT molecular complexity index is 972. The Balaban J connectivity index is 1.58. The Morgan fingerprint density at radius 2 is 2.00 bits per heavy atom. The van der Waals surface area contributed by atoms with Gasteiger partial charge >= 0.3 is 0 Å². The smallest absolute Gasteiger partial charge is 0.240 e. The second kappa shape index (κ2) is 8.17. The third-order valence-corrected chi connectivity index (χ3v) is 6.17. The minimum atomic E-state index is -3.76. The number of nitrogens with zero attached hydrogens (tertiary/aromatic N) is 4. The maximum atomic E-state index is 13.2. The summed E-state index contributed by atoms with van der Waals surface area (Å²) in [7, 11) is -3.76. The SMILES string of the molecule is N#Cc1nccnc1N1CCC(CNS(=O)(=O)c2ccc(F)c(Cl)c2)CC1. The summed E-state index contributed by atoms with van der Waals surface area (Å²) in [6.07, 6.45) is 4.51. The molecule has 0 saturated carbocycles. The topological polar surface area (TPSA) is 99.0 Å². The lowest BCUT2D eigenvalue weighted by Gasteiger charge is -2.32. The summed E-state index contributed by atoms with van der Waals surface area (Å²) in [6.45, 7) is 1.58. The van der Waals surface area contributed by atoms with Gasteiger partial charge < -0.3 is 4.90 Å². The maximum absolute atomic E-state index is 13.2. The number of hydrogen-bond acceptors (Lipinski definition) is 6. The van der Waals surface area contributed by atoms with Crippen LogP contribution < -0.4 is 9.62 Å². The van der Waals surface area contributed by atoms with E-state index in [1.807, 2.05) is 11.0 Å². The van der Waals surface area contributed by atoms with E-state index < -0.39 is 15.8 Å². The molecule has 0 unspecified atom stereocenters. The average molecular weight is 410 g/mol. The largest absolute Gasteiger partial charge is 0.354 e. The van der Waals surface area contributed by atoms with Crippen LogP contribution in [-0.2, 0) is 10.0 Å². The number of anilines is 1. The van der Waals surface area contributed by atoms with Crippen molar-refractivity contribution in [2.24, 2.45) is 5.92 Å². The van der Waals surface area contributed by atoms with E-state index >= 15 is 0 Å². The van der Waals surface area contributed by atoms with Gasteiger partial charge in [-0.2, -0.15) is 5.26 Å². The van der Waals surface area contributed by atoms with Gasteiger partial charge in [0.15, 0.2) is 11.5 Å². The molecular weight excluding hydrogens is 393 g/mol. The molecular formula is C17H17ClFN5O2S. The van der Waals surface area contributed by atoms with E-state index in [1.165, 1.54) is 12.3 Å². The van der Waals surface area contributed by atoms with Gasteiger partial charge in [-0.05, 0) is 37.0 Å². The molecule has 0 aliphatic carbocycles. The third kappa shape index (κ3) is 4.53. The first-order chi connectivity index (χ1) is 12.9. The number of halogens is 2. The molecule has 0 spiro atoms. The molecule has 142 valence electrons. The van der Waals surface area contributed by atoms with Crippen molar-refractivity contribution in [2.75, 3.05) is 24.5 Å². The Morgan fingerprint density at radius 1 is 1.30 bits per heavy atom. The molecule has 1 aliphatic rings. The first-order valence-electron chi connectivity index (χ1n) is 8.31. The number of aromatic nitrogens is 2. The van der Waals surface area contributed by atoms with Gasteiger partial charge in [-0.1, -0.05) is 11.6 Å². The van der Waals surface area contributed by atoms with Crippen molar-refractivity contribution in [3.05, 3.63) is 47.1 Å². The number of sulfonamides is 1. The third-order valence-electron chi connectivity index (χ3n) is 4.46. The van der Waals surface area contributed by atoms with Crippen molar-refractivity contribution in [1.82, 2.24) is 14.7 Å². The molecule has 1 aromatic heterocycles. The predicted octanol–water partition coefficient (Wildman–Crippen LogP) is 2.34. The average Bonchev–Trinajstić information content (AvgIpc) is 2.69. The Hall–Kier alpha value is -2.28. The number of hydrogen-bond donors (Lipinski definition) is 1. The summed E-state index contributed by atoms with van der Waals surface area (Å²) in [5, 5.41) is 8.90. The summed E-state index contributed by atoms with van der Waals surface area (Å²) < 4.78 is 40.5. The normalized spacial score (nSPS) is 15.5. The van der Waals surface area contributed by atoms with Crippen LogP contribution in [0.5, 0.6) is 0 Å². The van der Waals surface area contributed by atoms with Crippen molar-refractivity contribution in [1.29, 1.82) is 5.26 Å². The molecule has 10 heteroatoms. The molecule has 27 heavy (non-hydrogen) atoms. The number of piperidine rings is 1. The second-order valence-corrected chi connectivity index (χ2v) is 8.37. The molecule has 1 N–H and O–H groups in total. The van der Waals surface area contributed by atoms with Gasteiger partial charge in [0.05, 0.1) is 9.92 Å². The maximum Gasteiger partial charge on any atom is 0.240 e. The Kier molecular flexibility index (Phi) is 5.89. The highest BCUT2D eigenvalue weighted by molar-refractivity contribution is 7.89. The zero-order chi connectivity index (χ0) is 19.4. The van der Waals surface area contributed by atoms with Crippen molar-refractivity contribution in [2.45, 2.75) is 17.7 Å². The zero-order valence-corrected chi connectivity index (χ0v) is 15.8. The van der Waals surface area contributed by atoms with Crippen molar-refractivity contribution in [3.63, 3.8) is 0 Å². The number of rotatable bonds is 5. The van der Waals surface area contributed by atoms with Gasteiger partial charge in [0.2, 0.25) is 10.0 Å². The van der Waals surface area contributed by atoms with Crippen LogP contribution in [0.3, 0.4) is 0 Å². The fourth-order valence-electron chi connectivity index (χ4n) is 2.94. The first-order valence-corrected chi connectivity index (χ1v) is 10.2. The van der Waals surface area contributed by atoms with Crippen LogP contribution in [-0.4, -0.2) is 38.0 Å². The fraction of sp³-hybridized carbons (Fsp3) is 0.353. The van der Waals surface area contributed by atoms with Crippen LogP contribution in [0, 0.1) is 23.1 Å². The first kappa shape index (κ1) is 19.5. The van der Waals surface area contributed by atoms with Crippen molar-refractivity contribution >= 4 is 27.4 Å². The number of nitriles is 1. The molecule has 3 rings (SSSR count). The fourth-order valence-corrected chi connectivity index (χ4v) is 4.33. The van der Waals surface area contributed by atoms with Crippen molar-refractivity contribution < 1.29 is 12.8 Å². The van der Waals surface area contributed by atoms with E-state index in [-0.39, 0.29) is 28.1 Å². The standard InChI is InChI=1S/C17H17ClFN5O2S/c18-14-9-13(1-2-15(14)19)27(25,26)23-11-12-3-7-24(8-4-12)17-16(10-20)21-5-6-22-17/h1-2,5-6,9,12,23H,3-4,7-8,11H2. The van der Waals surface area contributed by atoms with E-state index in [0.29, 0.717) is 18.9 Å². The van der Waals surface area contributed by atoms with Crippen LogP contribution in [0.15, 0.2) is 35.5 Å². The minimum absolute atomic E-state index is 0.0652. The van der Waals surface area contributed by atoms with Gasteiger partial charge in [0.1, 0.15) is 11.9 Å². The van der Waals surface area contributed by atoms with Crippen LogP contribution in [0.25, 0.3) is 0 Å². The van der Waals surface area contributed by atoms with Crippen LogP contribution in [0.4, 0.5) is 10.2 Å².